The average Bonchev–Trinajstić information content (AvgIpc) is 2.66. The molecule has 1 aromatic carbocycles. The number of unbranched alkanes of at least 4 members (excludes halogenated alkanes) is 1. The topological polar surface area (TPSA) is 58.1 Å². The Morgan fingerprint density at radius 1 is 1.04 bits per heavy atom. The fourth-order valence-corrected chi connectivity index (χ4v) is 2.61. The lowest BCUT2D eigenvalue weighted by Crippen LogP contribution is -2.42. The Kier molecular flexibility index (Phi) is 16.5. The number of hydrogen-bond acceptors (Lipinski definition) is 4. The molecule has 0 saturated heterocycles. The van der Waals surface area contributed by atoms with Crippen molar-refractivity contribution in [2.45, 2.75) is 32.7 Å². The zero-order chi connectivity index (χ0) is 19.9. The van der Waals surface area contributed by atoms with Crippen molar-refractivity contribution in [1.29, 1.82) is 0 Å². The number of rotatable bonds is 13. The van der Waals surface area contributed by atoms with Gasteiger partial charge in [0.1, 0.15) is 0 Å². The molecule has 0 aliphatic heterocycles. The molecule has 0 fully saturated rings. The molecule has 0 spiro atoms. The number of benzene rings is 1. The molecule has 0 amide bonds. The zero-order valence-corrected chi connectivity index (χ0v) is 20.5. The summed E-state index contributed by atoms with van der Waals surface area (Å²) in [5, 5.41) is 6.70. The van der Waals surface area contributed by atoms with Crippen LogP contribution in [-0.4, -0.2) is 71.5 Å². The van der Waals surface area contributed by atoms with Gasteiger partial charge in [0.15, 0.2) is 5.96 Å². The highest BCUT2D eigenvalue weighted by Gasteiger charge is 2.14. The van der Waals surface area contributed by atoms with Gasteiger partial charge in [0.2, 0.25) is 0 Å². The summed E-state index contributed by atoms with van der Waals surface area (Å²) in [7, 11) is 5.98. The molecule has 1 rings (SSSR count). The highest BCUT2D eigenvalue weighted by molar-refractivity contribution is 14.0. The van der Waals surface area contributed by atoms with Crippen molar-refractivity contribution in [2.75, 3.05) is 60.7 Å². The molecule has 0 aliphatic rings. The fourth-order valence-electron chi connectivity index (χ4n) is 2.61. The molecular weight excluding hydrogens is 467 g/mol. The molecule has 28 heavy (non-hydrogen) atoms. The number of aryl methyl sites for hydroxylation is 1. The average molecular weight is 506 g/mol. The molecule has 162 valence electrons. The van der Waals surface area contributed by atoms with Crippen LogP contribution in [-0.2, 0) is 9.47 Å². The van der Waals surface area contributed by atoms with Crippen LogP contribution in [0.5, 0.6) is 0 Å². The van der Waals surface area contributed by atoms with E-state index in [0.29, 0.717) is 26.4 Å². The number of guanidine groups is 1. The first-order valence-electron chi connectivity index (χ1n) is 9.91. The van der Waals surface area contributed by atoms with E-state index in [-0.39, 0.29) is 30.0 Å². The summed E-state index contributed by atoms with van der Waals surface area (Å²) in [6.07, 6.45) is 2.27. The van der Waals surface area contributed by atoms with Gasteiger partial charge in [-0.05, 0) is 33.0 Å². The third-order valence-corrected chi connectivity index (χ3v) is 4.33. The van der Waals surface area contributed by atoms with Crippen molar-refractivity contribution in [3.05, 3.63) is 35.4 Å². The first-order chi connectivity index (χ1) is 13.1. The number of likely N-dealkylation sites (N-methyl/N-ethyl adjacent to an activating group) is 1. The van der Waals surface area contributed by atoms with Crippen LogP contribution >= 0.6 is 24.0 Å². The van der Waals surface area contributed by atoms with Crippen LogP contribution in [0.3, 0.4) is 0 Å². The van der Waals surface area contributed by atoms with Crippen molar-refractivity contribution < 1.29 is 9.47 Å². The van der Waals surface area contributed by atoms with Crippen molar-refractivity contribution in [2.24, 2.45) is 4.99 Å². The predicted octanol–water partition coefficient (Wildman–Crippen LogP) is 3.21. The standard InChI is InChI=1S/C21H38N4O2.HI/c1-6-7-13-26-15-16-27-14-12-23-21(22-3)24-17-20(25(4)5)19-10-8-18(2)9-11-19;/h8-11,20H,6-7,12-17H2,1-5H3,(H2,22,23,24);1H. The quantitative estimate of drug-likeness (QED) is 0.186. The van der Waals surface area contributed by atoms with E-state index in [1.165, 1.54) is 11.1 Å². The van der Waals surface area contributed by atoms with E-state index in [1.807, 2.05) is 0 Å². The number of nitrogens with one attached hydrogen (secondary N) is 2. The minimum Gasteiger partial charge on any atom is -0.379 e. The summed E-state index contributed by atoms with van der Waals surface area (Å²) in [5.74, 6) is 0.789. The van der Waals surface area contributed by atoms with Gasteiger partial charge in [-0.25, -0.2) is 0 Å². The minimum absolute atomic E-state index is 0. The van der Waals surface area contributed by atoms with E-state index < -0.39 is 0 Å². The second kappa shape index (κ2) is 17.0. The molecule has 7 heteroatoms. The molecule has 1 unspecified atom stereocenters. The normalized spacial score (nSPS) is 12.6. The number of nitrogens with zero attached hydrogens (tertiary/aromatic N) is 2. The smallest absolute Gasteiger partial charge is 0.191 e. The number of halogens is 1. The molecule has 0 aromatic heterocycles. The van der Waals surface area contributed by atoms with Gasteiger partial charge in [0.25, 0.3) is 0 Å². The fraction of sp³-hybridized carbons (Fsp3) is 0.667. The molecule has 0 saturated carbocycles. The molecule has 6 nitrogen and oxygen atoms in total. The van der Waals surface area contributed by atoms with E-state index in [1.54, 1.807) is 7.05 Å². The maximum absolute atomic E-state index is 5.57. The number of ether oxygens (including phenoxy) is 2. The second-order valence-electron chi connectivity index (χ2n) is 6.85. The molecule has 2 N–H and O–H groups in total. The summed E-state index contributed by atoms with van der Waals surface area (Å²) in [4.78, 5) is 6.51. The summed E-state index contributed by atoms with van der Waals surface area (Å²) in [6.45, 7) is 8.51. The molecule has 0 bridgehead atoms. The van der Waals surface area contributed by atoms with E-state index >= 15 is 0 Å². The van der Waals surface area contributed by atoms with Crippen LogP contribution in [0.2, 0.25) is 0 Å². The molecule has 0 heterocycles. The first-order valence-corrected chi connectivity index (χ1v) is 9.91. The van der Waals surface area contributed by atoms with E-state index in [4.69, 9.17) is 9.47 Å². The number of hydrogen-bond donors (Lipinski definition) is 2. The third kappa shape index (κ3) is 11.8. The molecular formula is C21H39IN4O2. The predicted molar refractivity (Wildman–Crippen MR) is 129 cm³/mol. The van der Waals surface area contributed by atoms with Crippen LogP contribution in [0.1, 0.15) is 36.9 Å². The van der Waals surface area contributed by atoms with E-state index in [9.17, 15) is 0 Å². The molecule has 0 aliphatic carbocycles. The zero-order valence-electron chi connectivity index (χ0n) is 18.2. The maximum Gasteiger partial charge on any atom is 0.191 e. The van der Waals surface area contributed by atoms with Gasteiger partial charge in [-0.3, -0.25) is 4.99 Å². The Hall–Kier alpha value is -0.900. The van der Waals surface area contributed by atoms with Crippen molar-refractivity contribution in [1.82, 2.24) is 15.5 Å². The largest absolute Gasteiger partial charge is 0.379 e. The Morgan fingerprint density at radius 3 is 2.25 bits per heavy atom. The third-order valence-electron chi connectivity index (χ3n) is 4.33. The van der Waals surface area contributed by atoms with Crippen molar-refractivity contribution in [3.8, 4) is 0 Å². The van der Waals surface area contributed by atoms with Crippen molar-refractivity contribution >= 4 is 29.9 Å². The van der Waals surface area contributed by atoms with Gasteiger partial charge in [0.05, 0.1) is 25.9 Å². The van der Waals surface area contributed by atoms with Gasteiger partial charge < -0.3 is 25.0 Å². The van der Waals surface area contributed by atoms with Crippen LogP contribution in [0, 0.1) is 6.92 Å². The Bertz CT molecular complexity index is 524. The highest BCUT2D eigenvalue weighted by atomic mass is 127. The van der Waals surface area contributed by atoms with Crippen molar-refractivity contribution in [3.63, 3.8) is 0 Å². The highest BCUT2D eigenvalue weighted by Crippen LogP contribution is 2.17. The maximum atomic E-state index is 5.57. The Labute approximate surface area is 188 Å². The summed E-state index contributed by atoms with van der Waals surface area (Å²) in [6, 6.07) is 8.97. The van der Waals surface area contributed by atoms with Gasteiger partial charge in [-0.15, -0.1) is 24.0 Å². The summed E-state index contributed by atoms with van der Waals surface area (Å²) < 4.78 is 11.0. The van der Waals surface area contributed by atoms with E-state index in [0.717, 1.165) is 32.0 Å². The van der Waals surface area contributed by atoms with Crippen LogP contribution in [0.4, 0.5) is 0 Å². The second-order valence-corrected chi connectivity index (χ2v) is 6.85. The van der Waals surface area contributed by atoms with Gasteiger partial charge in [0, 0.05) is 26.7 Å². The monoisotopic (exact) mass is 506 g/mol. The first kappa shape index (κ1) is 27.1. The van der Waals surface area contributed by atoms with E-state index in [2.05, 4.69) is 72.7 Å². The minimum atomic E-state index is 0. The summed E-state index contributed by atoms with van der Waals surface area (Å²) >= 11 is 0. The Balaban J connectivity index is 0.00000729. The van der Waals surface area contributed by atoms with Crippen LogP contribution in [0.15, 0.2) is 29.3 Å². The Morgan fingerprint density at radius 2 is 1.68 bits per heavy atom. The lowest BCUT2D eigenvalue weighted by atomic mass is 10.0. The molecule has 1 atom stereocenters. The van der Waals surface area contributed by atoms with Gasteiger partial charge in [-0.2, -0.15) is 0 Å². The SMILES string of the molecule is CCCCOCCOCCNC(=NC)NCC(c1ccc(C)cc1)N(C)C.I. The number of aliphatic imine (C=N–C) groups is 1. The molecule has 1 aromatic rings. The lowest BCUT2D eigenvalue weighted by molar-refractivity contribution is 0.0487. The lowest BCUT2D eigenvalue weighted by Gasteiger charge is -2.26. The van der Waals surface area contributed by atoms with Crippen LogP contribution in [0.25, 0.3) is 0 Å². The summed E-state index contributed by atoms with van der Waals surface area (Å²) in [5.41, 5.74) is 2.57. The van der Waals surface area contributed by atoms with Crippen LogP contribution < -0.4 is 10.6 Å². The van der Waals surface area contributed by atoms with Gasteiger partial charge in [-0.1, -0.05) is 43.2 Å². The van der Waals surface area contributed by atoms with Gasteiger partial charge >= 0.3 is 0 Å². The molecule has 0 radical (unpaired) electrons.